The van der Waals surface area contributed by atoms with Gasteiger partial charge in [0, 0.05) is 6.54 Å². The molecule has 1 saturated carbocycles. The maximum atomic E-state index is 12.1. The number of aryl methyl sites for hydroxylation is 1. The number of nitriles is 1. The van der Waals surface area contributed by atoms with Crippen molar-refractivity contribution in [2.24, 2.45) is 11.8 Å². The number of rotatable bonds is 3. The van der Waals surface area contributed by atoms with Crippen molar-refractivity contribution in [1.29, 1.82) is 5.26 Å². The highest BCUT2D eigenvalue weighted by Gasteiger charge is 2.52. The first-order valence-corrected chi connectivity index (χ1v) is 7.73. The van der Waals surface area contributed by atoms with Crippen LogP contribution in [0.5, 0.6) is 0 Å². The highest BCUT2D eigenvalue weighted by Crippen LogP contribution is 2.59. The number of H-pyrrole nitrogens is 1. The average Bonchev–Trinajstić information content (AvgIpc) is 3.06. The minimum atomic E-state index is -0.126. The van der Waals surface area contributed by atoms with Gasteiger partial charge in [-0.3, -0.25) is 4.79 Å². The fraction of sp³-hybridized carbons (Fsp3) is 0.333. The van der Waals surface area contributed by atoms with Gasteiger partial charge in [0.05, 0.1) is 0 Å². The zero-order valence-corrected chi connectivity index (χ0v) is 12.2. The van der Waals surface area contributed by atoms with Gasteiger partial charge in [0.1, 0.15) is 17.5 Å². The topological polar surface area (TPSA) is 68.7 Å². The van der Waals surface area contributed by atoms with Crippen LogP contribution >= 0.6 is 0 Å². The Morgan fingerprint density at radius 1 is 1.32 bits per heavy atom. The SMILES string of the molecule is N#Cc1ccc(C(=O)NC[C@@H]2[C@@H]3CCc4ccccc4[C@@H]23)[nH]1. The summed E-state index contributed by atoms with van der Waals surface area (Å²) < 4.78 is 0. The van der Waals surface area contributed by atoms with Gasteiger partial charge < -0.3 is 10.3 Å². The first-order valence-electron chi connectivity index (χ1n) is 7.73. The highest BCUT2D eigenvalue weighted by molar-refractivity contribution is 5.92. The standard InChI is InChI=1S/C18H17N3O/c19-9-12-6-8-16(21-12)18(22)20-10-15-14-7-5-11-3-1-2-4-13(11)17(14)15/h1-4,6,8,14-15,17,21H,5,7,10H2,(H,20,22)/t14-,15+,17+/m0/s1. The van der Waals surface area contributed by atoms with E-state index in [9.17, 15) is 4.79 Å². The number of carbonyl (C=O) groups is 1. The summed E-state index contributed by atoms with van der Waals surface area (Å²) in [6.07, 6.45) is 2.38. The van der Waals surface area contributed by atoms with Gasteiger partial charge in [-0.2, -0.15) is 5.26 Å². The van der Waals surface area contributed by atoms with Crippen LogP contribution in [0, 0.1) is 23.2 Å². The lowest BCUT2D eigenvalue weighted by molar-refractivity contribution is 0.0946. The Bertz CT molecular complexity index is 771. The Labute approximate surface area is 129 Å². The molecule has 4 rings (SSSR count). The number of fused-ring (bicyclic) bond motifs is 3. The molecule has 1 aromatic heterocycles. The third-order valence-corrected chi connectivity index (χ3v) is 5.04. The van der Waals surface area contributed by atoms with E-state index in [1.165, 1.54) is 17.5 Å². The molecule has 2 N–H and O–H groups in total. The minimum Gasteiger partial charge on any atom is -0.350 e. The molecule has 1 fully saturated rings. The van der Waals surface area contributed by atoms with Gasteiger partial charge in [-0.25, -0.2) is 0 Å². The number of aromatic amines is 1. The van der Waals surface area contributed by atoms with E-state index in [0.29, 0.717) is 35.7 Å². The van der Waals surface area contributed by atoms with E-state index in [0.717, 1.165) is 6.42 Å². The second-order valence-corrected chi connectivity index (χ2v) is 6.20. The summed E-state index contributed by atoms with van der Waals surface area (Å²) in [5.74, 6) is 1.76. The highest BCUT2D eigenvalue weighted by atomic mass is 16.1. The van der Waals surface area contributed by atoms with E-state index in [1.54, 1.807) is 12.1 Å². The molecule has 3 atom stereocenters. The van der Waals surface area contributed by atoms with Crippen LogP contribution in [0.25, 0.3) is 0 Å². The fourth-order valence-corrected chi connectivity index (χ4v) is 3.89. The van der Waals surface area contributed by atoms with Crippen molar-refractivity contribution in [1.82, 2.24) is 10.3 Å². The maximum absolute atomic E-state index is 12.1. The minimum absolute atomic E-state index is 0.126. The predicted molar refractivity (Wildman–Crippen MR) is 82.3 cm³/mol. The number of hydrogen-bond acceptors (Lipinski definition) is 2. The van der Waals surface area contributed by atoms with Gasteiger partial charge in [0.2, 0.25) is 0 Å². The number of nitrogens with one attached hydrogen (secondary N) is 2. The number of amides is 1. The largest absolute Gasteiger partial charge is 0.350 e. The molecule has 22 heavy (non-hydrogen) atoms. The molecular formula is C18H17N3O. The Morgan fingerprint density at radius 3 is 3.00 bits per heavy atom. The fourth-order valence-electron chi connectivity index (χ4n) is 3.89. The second-order valence-electron chi connectivity index (χ2n) is 6.20. The molecule has 0 aliphatic heterocycles. The smallest absolute Gasteiger partial charge is 0.267 e. The summed E-state index contributed by atoms with van der Waals surface area (Å²) in [5, 5.41) is 11.8. The molecule has 1 heterocycles. The summed E-state index contributed by atoms with van der Waals surface area (Å²) in [6.45, 7) is 0.712. The van der Waals surface area contributed by atoms with Gasteiger partial charge in [-0.15, -0.1) is 0 Å². The molecule has 2 aliphatic carbocycles. The summed E-state index contributed by atoms with van der Waals surface area (Å²) in [6, 6.07) is 14.0. The van der Waals surface area contributed by atoms with Crippen LogP contribution < -0.4 is 5.32 Å². The van der Waals surface area contributed by atoms with Crippen LogP contribution in [0.4, 0.5) is 0 Å². The van der Waals surface area contributed by atoms with Crippen LogP contribution in [0.1, 0.15) is 39.6 Å². The molecule has 0 unspecified atom stereocenters. The number of carbonyl (C=O) groups excluding carboxylic acids is 1. The summed E-state index contributed by atoms with van der Waals surface area (Å²) in [5.41, 5.74) is 3.82. The number of benzene rings is 1. The predicted octanol–water partition coefficient (Wildman–Crippen LogP) is 2.59. The van der Waals surface area contributed by atoms with E-state index in [1.807, 2.05) is 6.07 Å². The van der Waals surface area contributed by atoms with Crippen LogP contribution in [-0.4, -0.2) is 17.4 Å². The van der Waals surface area contributed by atoms with Crippen molar-refractivity contribution in [3.63, 3.8) is 0 Å². The Kier molecular flexibility index (Phi) is 3.00. The zero-order chi connectivity index (χ0) is 15.1. The normalized spacial score (nSPS) is 24.8. The van der Waals surface area contributed by atoms with Crippen LogP contribution in [0.2, 0.25) is 0 Å². The van der Waals surface area contributed by atoms with Crippen molar-refractivity contribution in [2.75, 3.05) is 6.54 Å². The van der Waals surface area contributed by atoms with Crippen molar-refractivity contribution < 1.29 is 4.79 Å². The quantitative estimate of drug-likeness (QED) is 0.912. The van der Waals surface area contributed by atoms with Crippen molar-refractivity contribution in [3.8, 4) is 6.07 Å². The van der Waals surface area contributed by atoms with Gasteiger partial charge in [-0.05, 0) is 53.9 Å². The van der Waals surface area contributed by atoms with Crippen molar-refractivity contribution in [3.05, 3.63) is 58.9 Å². The Balaban J connectivity index is 1.40. The molecule has 0 spiro atoms. The number of aromatic nitrogens is 1. The maximum Gasteiger partial charge on any atom is 0.267 e. The first-order chi connectivity index (χ1) is 10.8. The van der Waals surface area contributed by atoms with Gasteiger partial charge in [-0.1, -0.05) is 24.3 Å². The third kappa shape index (κ3) is 2.10. The second kappa shape index (κ2) is 5.03. The molecular weight excluding hydrogens is 274 g/mol. The van der Waals surface area contributed by atoms with Gasteiger partial charge in [0.15, 0.2) is 0 Å². The van der Waals surface area contributed by atoms with E-state index in [2.05, 4.69) is 34.6 Å². The molecule has 0 bridgehead atoms. The van der Waals surface area contributed by atoms with Gasteiger partial charge in [0.25, 0.3) is 5.91 Å². The van der Waals surface area contributed by atoms with E-state index < -0.39 is 0 Å². The molecule has 2 aromatic rings. The molecule has 0 saturated heterocycles. The monoisotopic (exact) mass is 291 g/mol. The van der Waals surface area contributed by atoms with E-state index in [4.69, 9.17) is 5.26 Å². The molecule has 1 aromatic carbocycles. The Hall–Kier alpha value is -2.54. The lowest BCUT2D eigenvalue weighted by Gasteiger charge is -2.13. The summed E-state index contributed by atoms with van der Waals surface area (Å²) >= 11 is 0. The third-order valence-electron chi connectivity index (χ3n) is 5.04. The van der Waals surface area contributed by atoms with Crippen molar-refractivity contribution in [2.45, 2.75) is 18.8 Å². The molecule has 1 amide bonds. The van der Waals surface area contributed by atoms with Crippen LogP contribution in [0.15, 0.2) is 36.4 Å². The molecule has 4 heteroatoms. The van der Waals surface area contributed by atoms with E-state index in [-0.39, 0.29) is 5.91 Å². The molecule has 0 radical (unpaired) electrons. The lowest BCUT2D eigenvalue weighted by Crippen LogP contribution is -2.26. The number of hydrogen-bond donors (Lipinski definition) is 2. The van der Waals surface area contributed by atoms with Gasteiger partial charge >= 0.3 is 0 Å². The first kappa shape index (κ1) is 13.1. The zero-order valence-electron chi connectivity index (χ0n) is 12.2. The van der Waals surface area contributed by atoms with E-state index >= 15 is 0 Å². The Morgan fingerprint density at radius 2 is 2.18 bits per heavy atom. The average molecular weight is 291 g/mol. The van der Waals surface area contributed by atoms with Crippen LogP contribution in [0.3, 0.4) is 0 Å². The van der Waals surface area contributed by atoms with Crippen molar-refractivity contribution >= 4 is 5.91 Å². The molecule has 4 nitrogen and oxygen atoms in total. The molecule has 110 valence electrons. The number of nitrogens with zero attached hydrogens (tertiary/aromatic N) is 1. The molecule has 2 aliphatic rings. The summed E-state index contributed by atoms with van der Waals surface area (Å²) in [7, 11) is 0. The van der Waals surface area contributed by atoms with Crippen LogP contribution in [-0.2, 0) is 6.42 Å². The lowest BCUT2D eigenvalue weighted by atomic mass is 9.92. The summed E-state index contributed by atoms with van der Waals surface area (Å²) in [4.78, 5) is 14.9.